The van der Waals surface area contributed by atoms with Crippen LogP contribution >= 0.6 is 0 Å². The molecular weight excluding hydrogens is 340 g/mol. The molecule has 0 saturated carbocycles. The summed E-state index contributed by atoms with van der Waals surface area (Å²) in [6, 6.07) is 11.2. The highest BCUT2D eigenvalue weighted by Gasteiger charge is 2.18. The minimum Gasteiger partial charge on any atom is -0.324 e. The zero-order valence-corrected chi connectivity index (χ0v) is 15.7. The van der Waals surface area contributed by atoms with Gasteiger partial charge in [-0.05, 0) is 61.7 Å². The van der Waals surface area contributed by atoms with Gasteiger partial charge in [-0.3, -0.25) is 14.0 Å². The van der Waals surface area contributed by atoms with Crippen molar-refractivity contribution in [3.63, 3.8) is 0 Å². The summed E-state index contributed by atoms with van der Waals surface area (Å²) in [7, 11) is 1.75. The molecule has 4 aromatic rings. The maximum Gasteiger partial charge on any atom is 0.272 e. The molecule has 0 fully saturated rings. The van der Waals surface area contributed by atoms with Crippen molar-refractivity contribution < 1.29 is 4.79 Å². The van der Waals surface area contributed by atoms with E-state index in [1.54, 1.807) is 23.9 Å². The Morgan fingerprint density at radius 3 is 2.44 bits per heavy atom. The molecule has 3 heterocycles. The predicted molar refractivity (Wildman–Crippen MR) is 107 cm³/mol. The Labute approximate surface area is 156 Å². The smallest absolute Gasteiger partial charge is 0.272 e. The lowest BCUT2D eigenvalue weighted by molar-refractivity contribution is 0.101. The third kappa shape index (κ3) is 2.79. The second-order valence-corrected chi connectivity index (χ2v) is 6.96. The number of carbonyl (C=O) groups excluding carboxylic acids is 1. The van der Waals surface area contributed by atoms with Crippen molar-refractivity contribution in [1.82, 2.24) is 14.0 Å². The van der Waals surface area contributed by atoms with Crippen LogP contribution in [0.25, 0.3) is 16.7 Å². The fourth-order valence-corrected chi connectivity index (χ4v) is 3.49. The second-order valence-electron chi connectivity index (χ2n) is 6.96. The quantitative estimate of drug-likeness (QED) is 0.596. The molecule has 0 aliphatic rings. The summed E-state index contributed by atoms with van der Waals surface area (Å²) in [4.78, 5) is 30.3. The molecule has 1 amide bonds. The highest BCUT2D eigenvalue weighted by atomic mass is 16.2. The van der Waals surface area contributed by atoms with E-state index in [9.17, 15) is 9.59 Å². The topological polar surface area (TPSA) is 68.4 Å². The molecule has 0 saturated heterocycles. The molecule has 0 aliphatic heterocycles. The minimum absolute atomic E-state index is 0.181. The third-order valence-electron chi connectivity index (χ3n) is 4.74. The number of hydrogen-bond acceptors (Lipinski definition) is 3. The lowest BCUT2D eigenvalue weighted by Gasteiger charge is -2.08. The Bertz CT molecular complexity index is 1260. The van der Waals surface area contributed by atoms with Gasteiger partial charge >= 0.3 is 0 Å². The van der Waals surface area contributed by atoms with Gasteiger partial charge in [0.05, 0.1) is 5.39 Å². The van der Waals surface area contributed by atoms with Crippen LogP contribution in [0.5, 0.6) is 0 Å². The molecule has 1 N–H and O–H groups in total. The summed E-state index contributed by atoms with van der Waals surface area (Å²) in [5.41, 5.74) is 5.08. The molecule has 3 aromatic heterocycles. The first kappa shape index (κ1) is 17.0. The normalized spacial score (nSPS) is 11.3. The number of anilines is 1. The number of nitrogens with one attached hydrogen (secondary N) is 1. The maximum absolute atomic E-state index is 12.9. The fourth-order valence-electron chi connectivity index (χ4n) is 3.49. The van der Waals surface area contributed by atoms with Crippen LogP contribution in [0.1, 0.15) is 27.2 Å². The minimum atomic E-state index is -0.273. The van der Waals surface area contributed by atoms with Crippen LogP contribution < -0.4 is 10.9 Å². The lowest BCUT2D eigenvalue weighted by atomic mass is 10.1. The average molecular weight is 360 g/mol. The Morgan fingerprint density at radius 1 is 1.04 bits per heavy atom. The van der Waals surface area contributed by atoms with Crippen LogP contribution in [0.3, 0.4) is 0 Å². The number of nitrogens with zero attached hydrogens (tertiary/aromatic N) is 3. The Kier molecular flexibility index (Phi) is 3.84. The van der Waals surface area contributed by atoms with E-state index in [0.29, 0.717) is 22.4 Å². The van der Waals surface area contributed by atoms with Crippen LogP contribution in [-0.4, -0.2) is 19.9 Å². The van der Waals surface area contributed by atoms with Gasteiger partial charge in [0.2, 0.25) is 0 Å². The SMILES string of the molecule is Cc1cc(C)cc(NC(=O)c2cc3c(=O)n4cccc(C)c4nc3n2C)c1. The van der Waals surface area contributed by atoms with Gasteiger partial charge in [0.1, 0.15) is 17.0 Å². The van der Waals surface area contributed by atoms with E-state index in [1.165, 1.54) is 4.40 Å². The number of rotatable bonds is 2. The summed E-state index contributed by atoms with van der Waals surface area (Å²) in [5, 5.41) is 3.34. The predicted octanol–water partition coefficient (Wildman–Crippen LogP) is 3.36. The van der Waals surface area contributed by atoms with Crippen LogP contribution in [0.2, 0.25) is 0 Å². The van der Waals surface area contributed by atoms with E-state index in [4.69, 9.17) is 0 Å². The summed E-state index contributed by atoms with van der Waals surface area (Å²) in [6.45, 7) is 5.88. The van der Waals surface area contributed by atoms with Crippen molar-refractivity contribution in [3.8, 4) is 0 Å². The van der Waals surface area contributed by atoms with Crippen molar-refractivity contribution in [2.45, 2.75) is 20.8 Å². The molecule has 0 atom stereocenters. The molecule has 0 bridgehead atoms. The van der Waals surface area contributed by atoms with Gasteiger partial charge in [-0.15, -0.1) is 0 Å². The zero-order chi connectivity index (χ0) is 19.3. The number of fused-ring (bicyclic) bond motifs is 2. The number of aryl methyl sites for hydroxylation is 4. The molecule has 0 aliphatic carbocycles. The molecule has 6 heteroatoms. The third-order valence-corrected chi connectivity index (χ3v) is 4.74. The number of benzene rings is 1. The van der Waals surface area contributed by atoms with Gasteiger partial charge in [0, 0.05) is 18.9 Å². The number of amides is 1. The van der Waals surface area contributed by atoms with E-state index in [1.807, 2.05) is 51.1 Å². The second kappa shape index (κ2) is 6.09. The molecule has 6 nitrogen and oxygen atoms in total. The number of carbonyl (C=O) groups is 1. The highest BCUT2D eigenvalue weighted by Crippen LogP contribution is 2.19. The van der Waals surface area contributed by atoms with E-state index in [2.05, 4.69) is 10.3 Å². The average Bonchev–Trinajstić information content (AvgIpc) is 2.93. The van der Waals surface area contributed by atoms with Crippen molar-refractivity contribution in [3.05, 3.63) is 75.3 Å². The molecule has 27 heavy (non-hydrogen) atoms. The van der Waals surface area contributed by atoms with Gasteiger partial charge in [-0.2, -0.15) is 0 Å². The van der Waals surface area contributed by atoms with Crippen molar-refractivity contribution in [2.24, 2.45) is 7.05 Å². The van der Waals surface area contributed by atoms with Crippen LogP contribution in [-0.2, 0) is 7.05 Å². The van der Waals surface area contributed by atoms with Gasteiger partial charge in [-0.25, -0.2) is 4.98 Å². The van der Waals surface area contributed by atoms with Gasteiger partial charge in [-0.1, -0.05) is 12.1 Å². The van der Waals surface area contributed by atoms with Crippen LogP contribution in [0.15, 0.2) is 47.4 Å². The highest BCUT2D eigenvalue weighted by molar-refractivity contribution is 6.06. The van der Waals surface area contributed by atoms with E-state index < -0.39 is 0 Å². The maximum atomic E-state index is 12.9. The first-order chi connectivity index (χ1) is 12.8. The number of hydrogen-bond donors (Lipinski definition) is 1. The van der Waals surface area contributed by atoms with Crippen LogP contribution in [0, 0.1) is 20.8 Å². The Hall–Kier alpha value is -3.41. The molecule has 0 spiro atoms. The molecule has 0 radical (unpaired) electrons. The van der Waals surface area contributed by atoms with Gasteiger partial charge in [0.25, 0.3) is 11.5 Å². The van der Waals surface area contributed by atoms with E-state index >= 15 is 0 Å². The molecular formula is C21H20N4O2. The Morgan fingerprint density at radius 2 is 1.74 bits per heavy atom. The first-order valence-corrected chi connectivity index (χ1v) is 8.72. The van der Waals surface area contributed by atoms with E-state index in [-0.39, 0.29) is 11.5 Å². The monoisotopic (exact) mass is 360 g/mol. The van der Waals surface area contributed by atoms with Gasteiger partial charge < -0.3 is 9.88 Å². The van der Waals surface area contributed by atoms with E-state index in [0.717, 1.165) is 22.4 Å². The van der Waals surface area contributed by atoms with Crippen molar-refractivity contribution in [1.29, 1.82) is 0 Å². The molecule has 1 aromatic carbocycles. The standard InChI is InChI=1S/C21H20N4O2/c1-12-8-13(2)10-15(9-12)22-20(26)17-11-16-19(24(17)4)23-18-14(3)6-5-7-25(18)21(16)27/h5-11H,1-4H3,(H,22,26). The summed E-state index contributed by atoms with van der Waals surface area (Å²) in [6.07, 6.45) is 1.69. The summed E-state index contributed by atoms with van der Waals surface area (Å²) in [5.74, 6) is -0.273. The first-order valence-electron chi connectivity index (χ1n) is 8.72. The zero-order valence-electron chi connectivity index (χ0n) is 15.7. The Balaban J connectivity index is 1.85. The van der Waals surface area contributed by atoms with Crippen molar-refractivity contribution >= 4 is 28.3 Å². The summed E-state index contributed by atoms with van der Waals surface area (Å²) < 4.78 is 3.18. The fraction of sp³-hybridized carbons (Fsp3) is 0.190. The molecule has 0 unspecified atom stereocenters. The largest absolute Gasteiger partial charge is 0.324 e. The van der Waals surface area contributed by atoms with Crippen LogP contribution in [0.4, 0.5) is 5.69 Å². The number of pyridine rings is 1. The van der Waals surface area contributed by atoms with Crippen molar-refractivity contribution in [2.75, 3.05) is 5.32 Å². The lowest BCUT2D eigenvalue weighted by Crippen LogP contribution is -2.16. The molecule has 136 valence electrons. The molecule has 4 rings (SSSR count). The summed E-state index contributed by atoms with van der Waals surface area (Å²) >= 11 is 0. The number of aromatic nitrogens is 3. The van der Waals surface area contributed by atoms with Gasteiger partial charge in [0.15, 0.2) is 0 Å².